The maximum atomic E-state index is 6.29. The Hall–Kier alpha value is -2.05. The molecule has 2 aromatic heterocycles. The Morgan fingerprint density at radius 1 is 1.12 bits per heavy atom. The molecule has 4 rings (SSSR count). The smallest absolute Gasteiger partial charge is 0.225 e. The third kappa shape index (κ3) is 3.80. The predicted molar refractivity (Wildman–Crippen MR) is 96.4 cm³/mol. The van der Waals surface area contributed by atoms with Crippen LogP contribution in [0.4, 0.5) is 5.95 Å². The summed E-state index contributed by atoms with van der Waals surface area (Å²) in [7, 11) is 0. The van der Waals surface area contributed by atoms with Crippen molar-refractivity contribution in [3.63, 3.8) is 0 Å². The van der Waals surface area contributed by atoms with Crippen molar-refractivity contribution in [1.82, 2.24) is 19.9 Å². The summed E-state index contributed by atoms with van der Waals surface area (Å²) in [6.45, 7) is 7.45. The number of aromatic nitrogens is 3. The third-order valence-electron chi connectivity index (χ3n) is 5.03. The monoisotopic (exact) mass is 339 g/mol. The van der Waals surface area contributed by atoms with Crippen LogP contribution in [0.2, 0.25) is 0 Å². The summed E-state index contributed by atoms with van der Waals surface area (Å²) < 4.78 is 6.29. The van der Waals surface area contributed by atoms with E-state index in [1.165, 1.54) is 0 Å². The van der Waals surface area contributed by atoms with Crippen molar-refractivity contribution in [1.29, 1.82) is 0 Å². The molecule has 1 atom stereocenters. The molecule has 1 spiro atoms. The normalized spacial score (nSPS) is 24.6. The van der Waals surface area contributed by atoms with E-state index in [0.29, 0.717) is 0 Å². The summed E-state index contributed by atoms with van der Waals surface area (Å²) in [5.74, 6) is 0.808. The number of anilines is 1. The van der Waals surface area contributed by atoms with E-state index in [-0.39, 0.29) is 5.60 Å². The number of pyridine rings is 1. The topological polar surface area (TPSA) is 54.4 Å². The molecule has 0 N–H and O–H groups in total. The minimum atomic E-state index is -0.125. The molecule has 2 saturated heterocycles. The predicted octanol–water partition coefficient (Wildman–Crippen LogP) is 2.05. The van der Waals surface area contributed by atoms with Crippen LogP contribution in [0, 0.1) is 6.92 Å². The average Bonchev–Trinajstić information content (AvgIpc) is 2.63. The summed E-state index contributed by atoms with van der Waals surface area (Å²) >= 11 is 0. The molecule has 2 fully saturated rings. The fraction of sp³-hybridized carbons (Fsp3) is 0.526. The fourth-order valence-electron chi connectivity index (χ4n) is 3.95. The molecule has 0 saturated carbocycles. The lowest BCUT2D eigenvalue weighted by atomic mass is 9.90. The first-order valence-corrected chi connectivity index (χ1v) is 9.03. The van der Waals surface area contributed by atoms with Crippen molar-refractivity contribution in [3.05, 3.63) is 48.0 Å². The summed E-state index contributed by atoms with van der Waals surface area (Å²) in [5, 5.41) is 0. The lowest BCUT2D eigenvalue weighted by Gasteiger charge is -2.48. The van der Waals surface area contributed by atoms with Gasteiger partial charge in [0.2, 0.25) is 5.95 Å². The first kappa shape index (κ1) is 16.4. The summed E-state index contributed by atoms with van der Waals surface area (Å²) in [6.07, 6.45) is 5.81. The SMILES string of the molecule is Cc1cccc(CN2CCO[C@@]3(CCCN(c4ncccn4)C3)C2)n1. The zero-order valence-electron chi connectivity index (χ0n) is 14.8. The highest BCUT2D eigenvalue weighted by Crippen LogP contribution is 2.30. The molecular formula is C19H25N5O. The molecule has 0 bridgehead atoms. The molecule has 2 aromatic rings. The van der Waals surface area contributed by atoms with Gasteiger partial charge in [0.05, 0.1) is 24.4 Å². The van der Waals surface area contributed by atoms with E-state index in [1.807, 2.05) is 19.1 Å². The van der Waals surface area contributed by atoms with E-state index in [2.05, 4.69) is 36.9 Å². The first-order valence-electron chi connectivity index (χ1n) is 9.03. The Kier molecular flexibility index (Phi) is 4.63. The number of hydrogen-bond donors (Lipinski definition) is 0. The second-order valence-electron chi connectivity index (χ2n) is 7.09. The van der Waals surface area contributed by atoms with Gasteiger partial charge >= 0.3 is 0 Å². The Morgan fingerprint density at radius 2 is 2.00 bits per heavy atom. The third-order valence-corrected chi connectivity index (χ3v) is 5.03. The Bertz CT molecular complexity index is 706. The molecule has 0 aliphatic carbocycles. The van der Waals surface area contributed by atoms with Gasteiger partial charge in [-0.25, -0.2) is 9.97 Å². The number of hydrogen-bond acceptors (Lipinski definition) is 6. The van der Waals surface area contributed by atoms with Gasteiger partial charge in [0, 0.05) is 44.3 Å². The van der Waals surface area contributed by atoms with E-state index >= 15 is 0 Å². The average molecular weight is 339 g/mol. The largest absolute Gasteiger partial charge is 0.370 e. The van der Waals surface area contributed by atoms with Gasteiger partial charge in [-0.2, -0.15) is 0 Å². The van der Waals surface area contributed by atoms with Gasteiger partial charge < -0.3 is 9.64 Å². The van der Waals surface area contributed by atoms with Gasteiger partial charge in [-0.3, -0.25) is 9.88 Å². The molecule has 25 heavy (non-hydrogen) atoms. The van der Waals surface area contributed by atoms with Crippen molar-refractivity contribution < 1.29 is 4.74 Å². The molecule has 0 unspecified atom stereocenters. The van der Waals surface area contributed by atoms with Crippen LogP contribution in [0.25, 0.3) is 0 Å². The van der Waals surface area contributed by atoms with Gasteiger partial charge in [-0.15, -0.1) is 0 Å². The number of ether oxygens (including phenoxy) is 1. The van der Waals surface area contributed by atoms with Gasteiger partial charge in [0.25, 0.3) is 0 Å². The number of rotatable bonds is 3. The molecule has 132 valence electrons. The van der Waals surface area contributed by atoms with Gasteiger partial charge in [0.15, 0.2) is 0 Å². The molecular weight excluding hydrogens is 314 g/mol. The van der Waals surface area contributed by atoms with Crippen LogP contribution < -0.4 is 4.90 Å². The summed E-state index contributed by atoms with van der Waals surface area (Å²) in [4.78, 5) is 18.2. The zero-order valence-corrected chi connectivity index (χ0v) is 14.8. The van der Waals surface area contributed by atoms with E-state index < -0.39 is 0 Å². The van der Waals surface area contributed by atoms with Crippen LogP contribution in [-0.2, 0) is 11.3 Å². The number of morpholine rings is 1. The van der Waals surface area contributed by atoms with E-state index in [0.717, 1.165) is 69.5 Å². The van der Waals surface area contributed by atoms with Crippen molar-refractivity contribution in [3.8, 4) is 0 Å². The highest BCUT2D eigenvalue weighted by molar-refractivity contribution is 5.31. The minimum absolute atomic E-state index is 0.125. The Labute approximate surface area is 148 Å². The van der Waals surface area contributed by atoms with Crippen molar-refractivity contribution >= 4 is 5.95 Å². The lowest BCUT2D eigenvalue weighted by Crippen LogP contribution is -2.59. The molecule has 0 amide bonds. The number of piperidine rings is 1. The van der Waals surface area contributed by atoms with Crippen LogP contribution >= 0.6 is 0 Å². The van der Waals surface area contributed by atoms with Crippen LogP contribution in [-0.4, -0.2) is 58.2 Å². The fourth-order valence-corrected chi connectivity index (χ4v) is 3.95. The standard InChI is InChI=1S/C19H25N5O/c1-16-5-2-6-17(22-16)13-23-11-12-25-19(14-23)7-3-10-24(15-19)18-20-8-4-9-21-18/h2,4-6,8-9H,3,7,10-15H2,1H3/t19-/m0/s1. The zero-order chi connectivity index (χ0) is 17.1. The summed E-state index contributed by atoms with van der Waals surface area (Å²) in [5.41, 5.74) is 2.08. The first-order chi connectivity index (χ1) is 12.2. The highest BCUT2D eigenvalue weighted by atomic mass is 16.5. The number of aryl methyl sites for hydroxylation is 1. The second-order valence-corrected chi connectivity index (χ2v) is 7.09. The maximum absolute atomic E-state index is 6.29. The lowest BCUT2D eigenvalue weighted by molar-refractivity contribution is -0.116. The van der Waals surface area contributed by atoms with Gasteiger partial charge in [0.1, 0.15) is 0 Å². The molecule has 6 heteroatoms. The molecule has 0 radical (unpaired) electrons. The van der Waals surface area contributed by atoms with Crippen LogP contribution in [0.5, 0.6) is 0 Å². The van der Waals surface area contributed by atoms with Gasteiger partial charge in [-0.1, -0.05) is 6.07 Å². The van der Waals surface area contributed by atoms with E-state index in [1.54, 1.807) is 12.4 Å². The van der Waals surface area contributed by atoms with Crippen molar-refractivity contribution in [2.24, 2.45) is 0 Å². The summed E-state index contributed by atoms with van der Waals surface area (Å²) in [6, 6.07) is 8.10. The van der Waals surface area contributed by atoms with Crippen molar-refractivity contribution in [2.75, 3.05) is 37.7 Å². The minimum Gasteiger partial charge on any atom is -0.370 e. The van der Waals surface area contributed by atoms with Crippen molar-refractivity contribution in [2.45, 2.75) is 31.9 Å². The van der Waals surface area contributed by atoms with Crippen LogP contribution in [0.15, 0.2) is 36.7 Å². The van der Waals surface area contributed by atoms with E-state index in [4.69, 9.17) is 4.74 Å². The maximum Gasteiger partial charge on any atom is 0.225 e. The highest BCUT2D eigenvalue weighted by Gasteiger charge is 2.41. The molecule has 0 aromatic carbocycles. The molecule has 6 nitrogen and oxygen atoms in total. The molecule has 2 aliphatic rings. The quantitative estimate of drug-likeness (QED) is 0.853. The van der Waals surface area contributed by atoms with Crippen LogP contribution in [0.3, 0.4) is 0 Å². The molecule has 4 heterocycles. The Balaban J connectivity index is 1.46. The second kappa shape index (κ2) is 7.06. The Morgan fingerprint density at radius 3 is 2.84 bits per heavy atom. The number of nitrogens with zero attached hydrogens (tertiary/aromatic N) is 5. The van der Waals surface area contributed by atoms with E-state index in [9.17, 15) is 0 Å². The van der Waals surface area contributed by atoms with Crippen LogP contribution in [0.1, 0.15) is 24.2 Å². The molecule has 2 aliphatic heterocycles. The van der Waals surface area contributed by atoms with Gasteiger partial charge in [-0.05, 0) is 38.0 Å².